The van der Waals surface area contributed by atoms with Crippen molar-refractivity contribution in [2.75, 3.05) is 11.9 Å². The van der Waals surface area contributed by atoms with Crippen molar-refractivity contribution in [3.8, 4) is 0 Å². The number of esters is 1. The van der Waals surface area contributed by atoms with Gasteiger partial charge in [0.15, 0.2) is 0 Å². The second kappa shape index (κ2) is 3.80. The molecule has 90 valence electrons. The van der Waals surface area contributed by atoms with Gasteiger partial charge in [0.2, 0.25) is 0 Å². The van der Waals surface area contributed by atoms with Crippen LogP contribution in [0.2, 0.25) is 0 Å². The number of ether oxygens (including phenoxy) is 1. The normalized spacial score (nSPS) is 16.3. The first-order chi connectivity index (χ1) is 7.96. The van der Waals surface area contributed by atoms with Crippen molar-refractivity contribution in [3.05, 3.63) is 29.3 Å². The average molecular weight is 241 g/mol. The van der Waals surface area contributed by atoms with Gasteiger partial charge in [0.1, 0.15) is 0 Å². The van der Waals surface area contributed by atoms with Gasteiger partial charge >= 0.3 is 11.9 Å². The van der Waals surface area contributed by atoms with Crippen LogP contribution in [0.3, 0.4) is 0 Å². The molecule has 1 amide bonds. The van der Waals surface area contributed by atoms with Crippen LogP contribution in [0.25, 0.3) is 0 Å². The Morgan fingerprint density at radius 3 is 2.82 bits per heavy atom. The summed E-state index contributed by atoms with van der Waals surface area (Å²) in [5.41, 5.74) is -0.470. The summed E-state index contributed by atoms with van der Waals surface area (Å²) < 4.78 is 31.5. The van der Waals surface area contributed by atoms with E-state index in [-0.39, 0.29) is 17.9 Å². The molecule has 1 aromatic carbocycles. The smallest absolute Gasteiger partial charge is 0.352 e. The number of fused-ring (bicyclic) bond motifs is 1. The molecule has 1 aromatic rings. The van der Waals surface area contributed by atoms with E-state index in [0.29, 0.717) is 0 Å². The molecule has 2 rings (SSSR count). The molecule has 0 radical (unpaired) electrons. The van der Waals surface area contributed by atoms with E-state index in [4.69, 9.17) is 4.74 Å². The number of rotatable bonds is 2. The largest absolute Gasteiger partial charge is 0.462 e. The SMILES string of the molecule is CCOC(=O)c1ccc2c(c1)C(F)(F)C(=O)N2. The van der Waals surface area contributed by atoms with E-state index in [9.17, 15) is 18.4 Å². The number of hydrogen-bond donors (Lipinski definition) is 1. The number of alkyl halides is 2. The number of amides is 1. The Morgan fingerprint density at radius 2 is 2.18 bits per heavy atom. The Bertz CT molecular complexity index is 499. The van der Waals surface area contributed by atoms with Gasteiger partial charge < -0.3 is 10.1 Å². The number of hydrogen-bond acceptors (Lipinski definition) is 3. The van der Waals surface area contributed by atoms with Crippen molar-refractivity contribution in [2.45, 2.75) is 12.8 Å². The van der Waals surface area contributed by atoms with Gasteiger partial charge in [-0.15, -0.1) is 0 Å². The van der Waals surface area contributed by atoms with Crippen molar-refractivity contribution < 1.29 is 23.1 Å². The van der Waals surface area contributed by atoms with E-state index in [0.717, 1.165) is 6.07 Å². The Labute approximate surface area is 95.6 Å². The molecule has 0 aromatic heterocycles. The van der Waals surface area contributed by atoms with E-state index in [2.05, 4.69) is 0 Å². The molecule has 0 saturated heterocycles. The lowest BCUT2D eigenvalue weighted by Crippen LogP contribution is -2.23. The van der Waals surface area contributed by atoms with Crippen LogP contribution in [0, 0.1) is 0 Å². The van der Waals surface area contributed by atoms with Crippen molar-refractivity contribution >= 4 is 17.6 Å². The van der Waals surface area contributed by atoms with E-state index >= 15 is 0 Å². The molecule has 4 nitrogen and oxygen atoms in total. The average Bonchev–Trinajstić information content (AvgIpc) is 2.50. The fraction of sp³-hybridized carbons (Fsp3) is 0.273. The zero-order chi connectivity index (χ0) is 12.6. The molecule has 1 aliphatic heterocycles. The zero-order valence-corrected chi connectivity index (χ0v) is 8.92. The second-order valence-corrected chi connectivity index (χ2v) is 3.51. The molecule has 1 aliphatic rings. The van der Waals surface area contributed by atoms with Crippen molar-refractivity contribution in [2.24, 2.45) is 0 Å². The minimum Gasteiger partial charge on any atom is -0.462 e. The summed E-state index contributed by atoms with van der Waals surface area (Å²) in [6, 6.07) is 3.57. The van der Waals surface area contributed by atoms with Gasteiger partial charge in [0.05, 0.1) is 23.4 Å². The molecular weight excluding hydrogens is 232 g/mol. The number of carbonyl (C=O) groups excluding carboxylic acids is 2. The summed E-state index contributed by atoms with van der Waals surface area (Å²) in [5.74, 6) is -5.67. The van der Waals surface area contributed by atoms with Gasteiger partial charge in [-0.25, -0.2) is 4.79 Å². The first-order valence-electron chi connectivity index (χ1n) is 4.97. The minimum atomic E-state index is -3.60. The van der Waals surface area contributed by atoms with Crippen LogP contribution in [0.15, 0.2) is 18.2 Å². The van der Waals surface area contributed by atoms with Gasteiger partial charge in [0.25, 0.3) is 5.91 Å². The monoisotopic (exact) mass is 241 g/mol. The fourth-order valence-electron chi connectivity index (χ4n) is 1.58. The van der Waals surface area contributed by atoms with Crippen LogP contribution >= 0.6 is 0 Å². The van der Waals surface area contributed by atoms with Gasteiger partial charge in [-0.05, 0) is 25.1 Å². The summed E-state index contributed by atoms with van der Waals surface area (Å²) >= 11 is 0. The molecule has 0 spiro atoms. The van der Waals surface area contributed by atoms with Crippen molar-refractivity contribution in [1.29, 1.82) is 0 Å². The maximum Gasteiger partial charge on any atom is 0.352 e. The lowest BCUT2D eigenvalue weighted by molar-refractivity contribution is -0.139. The third kappa shape index (κ3) is 1.75. The minimum absolute atomic E-state index is 0.00164. The maximum absolute atomic E-state index is 13.4. The standard InChI is InChI=1S/C11H9F2NO3/c1-2-17-9(15)6-3-4-8-7(5-6)11(12,13)10(16)14-8/h3-5H,2H2,1H3,(H,14,16). The van der Waals surface area contributed by atoms with Gasteiger partial charge in [0, 0.05) is 0 Å². The van der Waals surface area contributed by atoms with Gasteiger partial charge in [-0.2, -0.15) is 8.78 Å². The topological polar surface area (TPSA) is 55.4 Å². The molecule has 17 heavy (non-hydrogen) atoms. The highest BCUT2D eigenvalue weighted by molar-refractivity contribution is 6.04. The lowest BCUT2D eigenvalue weighted by atomic mass is 10.1. The van der Waals surface area contributed by atoms with E-state index < -0.39 is 23.4 Å². The van der Waals surface area contributed by atoms with Gasteiger partial charge in [-0.3, -0.25) is 4.79 Å². The van der Waals surface area contributed by atoms with E-state index in [1.807, 2.05) is 5.32 Å². The number of anilines is 1. The predicted octanol–water partition coefficient (Wildman–Crippen LogP) is 1.91. The molecule has 6 heteroatoms. The number of benzene rings is 1. The molecule has 0 aliphatic carbocycles. The van der Waals surface area contributed by atoms with Crippen LogP contribution in [0.4, 0.5) is 14.5 Å². The molecule has 1 N–H and O–H groups in total. The quantitative estimate of drug-likeness (QED) is 0.804. The molecular formula is C11H9F2NO3. The highest BCUT2D eigenvalue weighted by Crippen LogP contribution is 2.40. The summed E-state index contributed by atoms with van der Waals surface area (Å²) in [6.07, 6.45) is 0. The predicted molar refractivity (Wildman–Crippen MR) is 54.9 cm³/mol. The second-order valence-electron chi connectivity index (χ2n) is 3.51. The third-order valence-electron chi connectivity index (χ3n) is 2.40. The first-order valence-corrected chi connectivity index (χ1v) is 4.97. The summed E-state index contributed by atoms with van der Waals surface area (Å²) in [6.45, 7) is 1.77. The Hall–Kier alpha value is -1.98. The summed E-state index contributed by atoms with van der Waals surface area (Å²) in [4.78, 5) is 22.3. The highest BCUT2D eigenvalue weighted by Gasteiger charge is 2.48. The Balaban J connectivity index is 2.42. The molecule has 0 bridgehead atoms. The molecule has 0 atom stereocenters. The van der Waals surface area contributed by atoms with Crippen LogP contribution in [-0.2, 0) is 15.5 Å². The van der Waals surface area contributed by atoms with Crippen molar-refractivity contribution in [1.82, 2.24) is 0 Å². The van der Waals surface area contributed by atoms with Crippen LogP contribution in [0.1, 0.15) is 22.8 Å². The lowest BCUT2D eigenvalue weighted by Gasteiger charge is -2.07. The van der Waals surface area contributed by atoms with Crippen LogP contribution < -0.4 is 5.32 Å². The van der Waals surface area contributed by atoms with Crippen LogP contribution in [-0.4, -0.2) is 18.5 Å². The molecule has 0 unspecified atom stereocenters. The summed E-state index contributed by atoms with van der Waals surface area (Å²) in [7, 11) is 0. The molecule has 0 saturated carbocycles. The van der Waals surface area contributed by atoms with E-state index in [1.165, 1.54) is 12.1 Å². The number of carbonyl (C=O) groups is 2. The van der Waals surface area contributed by atoms with Crippen LogP contribution in [0.5, 0.6) is 0 Å². The van der Waals surface area contributed by atoms with Gasteiger partial charge in [-0.1, -0.05) is 0 Å². The molecule has 1 heterocycles. The van der Waals surface area contributed by atoms with E-state index in [1.54, 1.807) is 6.92 Å². The summed E-state index contributed by atoms with van der Waals surface area (Å²) in [5, 5.41) is 2.04. The number of nitrogens with one attached hydrogen (secondary N) is 1. The zero-order valence-electron chi connectivity index (χ0n) is 8.92. The first kappa shape index (κ1) is 11.5. The Kier molecular flexibility index (Phi) is 2.57. The maximum atomic E-state index is 13.4. The number of halogens is 2. The Morgan fingerprint density at radius 1 is 1.47 bits per heavy atom. The highest BCUT2D eigenvalue weighted by atomic mass is 19.3. The third-order valence-corrected chi connectivity index (χ3v) is 2.40. The molecule has 0 fully saturated rings. The van der Waals surface area contributed by atoms with Crippen molar-refractivity contribution in [3.63, 3.8) is 0 Å². The fourth-order valence-corrected chi connectivity index (χ4v) is 1.58.